The van der Waals surface area contributed by atoms with Crippen molar-refractivity contribution in [2.45, 2.75) is 19.7 Å². The molecular weight excluding hydrogens is 242 g/mol. The second-order valence-electron chi connectivity index (χ2n) is 3.99. The Bertz CT molecular complexity index is 418. The van der Waals surface area contributed by atoms with Gasteiger partial charge in [0.2, 0.25) is 0 Å². The van der Waals surface area contributed by atoms with E-state index in [9.17, 15) is 0 Å². The number of hydrogen-bond donors (Lipinski definition) is 0. The lowest BCUT2D eigenvalue weighted by Crippen LogP contribution is -2.19. The standard InChI is InChI=1S/C15H17NO3/c1-17-15(18-11-13-5-3-2-4-6-13)19-12-14-7-9-16-10-8-14/h2-10,15H,11-12H2,1H3. The molecule has 0 N–H and O–H groups in total. The molecule has 1 unspecified atom stereocenters. The Labute approximate surface area is 113 Å². The van der Waals surface area contributed by atoms with Crippen molar-refractivity contribution in [1.82, 2.24) is 4.98 Å². The van der Waals surface area contributed by atoms with Gasteiger partial charge in [-0.3, -0.25) is 4.98 Å². The van der Waals surface area contributed by atoms with E-state index >= 15 is 0 Å². The molecule has 4 heteroatoms. The van der Waals surface area contributed by atoms with E-state index in [1.165, 1.54) is 0 Å². The molecule has 2 rings (SSSR count). The fourth-order valence-corrected chi connectivity index (χ4v) is 1.57. The zero-order valence-corrected chi connectivity index (χ0v) is 10.9. The number of aromatic nitrogens is 1. The van der Waals surface area contributed by atoms with Crippen LogP contribution in [0.3, 0.4) is 0 Å². The molecule has 0 bridgehead atoms. The summed E-state index contributed by atoms with van der Waals surface area (Å²) < 4.78 is 16.2. The third-order valence-electron chi connectivity index (χ3n) is 2.56. The number of benzene rings is 1. The van der Waals surface area contributed by atoms with Crippen LogP contribution >= 0.6 is 0 Å². The first-order valence-electron chi connectivity index (χ1n) is 6.07. The summed E-state index contributed by atoms with van der Waals surface area (Å²) in [4.78, 5) is 3.95. The zero-order chi connectivity index (χ0) is 13.3. The molecule has 0 radical (unpaired) electrons. The monoisotopic (exact) mass is 259 g/mol. The van der Waals surface area contributed by atoms with Gasteiger partial charge in [0.05, 0.1) is 13.2 Å². The third kappa shape index (κ3) is 4.79. The Morgan fingerprint density at radius 1 is 0.895 bits per heavy atom. The molecule has 1 heterocycles. The fraction of sp³-hybridized carbons (Fsp3) is 0.267. The summed E-state index contributed by atoms with van der Waals surface area (Å²) in [5, 5.41) is 0. The predicted molar refractivity (Wildman–Crippen MR) is 71.1 cm³/mol. The van der Waals surface area contributed by atoms with E-state index in [1.54, 1.807) is 19.5 Å². The van der Waals surface area contributed by atoms with Gasteiger partial charge >= 0.3 is 0 Å². The number of ether oxygens (including phenoxy) is 3. The van der Waals surface area contributed by atoms with Gasteiger partial charge in [0, 0.05) is 19.5 Å². The highest BCUT2D eigenvalue weighted by atomic mass is 16.8. The SMILES string of the molecule is COC(OCc1ccccc1)OCc1ccncc1. The number of rotatable bonds is 7. The summed E-state index contributed by atoms with van der Waals surface area (Å²) in [6.45, 7) is 0.208. The molecule has 0 saturated carbocycles. The van der Waals surface area contributed by atoms with E-state index in [1.807, 2.05) is 42.5 Å². The lowest BCUT2D eigenvalue weighted by atomic mass is 10.2. The van der Waals surface area contributed by atoms with Crippen molar-refractivity contribution >= 4 is 0 Å². The molecule has 2 aromatic rings. The highest BCUT2D eigenvalue weighted by molar-refractivity contribution is 5.13. The second-order valence-corrected chi connectivity index (χ2v) is 3.99. The first-order valence-corrected chi connectivity index (χ1v) is 6.07. The molecule has 19 heavy (non-hydrogen) atoms. The van der Waals surface area contributed by atoms with E-state index in [0.717, 1.165) is 11.1 Å². The van der Waals surface area contributed by atoms with Gasteiger partial charge in [0.15, 0.2) is 0 Å². The van der Waals surface area contributed by atoms with E-state index in [2.05, 4.69) is 4.98 Å². The highest BCUT2D eigenvalue weighted by Crippen LogP contribution is 2.07. The van der Waals surface area contributed by atoms with Crippen molar-refractivity contribution in [3.8, 4) is 0 Å². The quantitative estimate of drug-likeness (QED) is 0.717. The molecular formula is C15H17NO3. The topological polar surface area (TPSA) is 40.6 Å². The predicted octanol–water partition coefficient (Wildman–Crippen LogP) is 2.75. The van der Waals surface area contributed by atoms with Gasteiger partial charge in [-0.2, -0.15) is 0 Å². The Balaban J connectivity index is 1.77. The van der Waals surface area contributed by atoms with Gasteiger partial charge in [0.1, 0.15) is 0 Å². The molecule has 0 amide bonds. The minimum atomic E-state index is -0.673. The third-order valence-corrected chi connectivity index (χ3v) is 2.56. The molecule has 100 valence electrons. The van der Waals surface area contributed by atoms with Crippen molar-refractivity contribution in [2.75, 3.05) is 7.11 Å². The molecule has 0 aliphatic rings. The van der Waals surface area contributed by atoms with Crippen molar-refractivity contribution < 1.29 is 14.2 Å². The number of pyridine rings is 1. The maximum Gasteiger partial charge on any atom is 0.271 e. The van der Waals surface area contributed by atoms with E-state index in [4.69, 9.17) is 14.2 Å². The summed E-state index contributed by atoms with van der Waals surface area (Å²) in [5.41, 5.74) is 2.11. The average Bonchev–Trinajstić information content (AvgIpc) is 2.49. The summed E-state index contributed by atoms with van der Waals surface area (Å²) in [7, 11) is 1.56. The van der Waals surface area contributed by atoms with Gasteiger partial charge in [-0.25, -0.2) is 0 Å². The first-order chi connectivity index (χ1) is 9.38. The molecule has 4 nitrogen and oxygen atoms in total. The van der Waals surface area contributed by atoms with Crippen molar-refractivity contribution in [3.05, 3.63) is 66.0 Å². The van der Waals surface area contributed by atoms with Gasteiger partial charge in [-0.15, -0.1) is 0 Å². The lowest BCUT2D eigenvalue weighted by Gasteiger charge is -2.16. The average molecular weight is 259 g/mol. The van der Waals surface area contributed by atoms with Gasteiger partial charge in [-0.05, 0) is 23.3 Å². The minimum Gasteiger partial charge on any atom is -0.333 e. The molecule has 0 fully saturated rings. The van der Waals surface area contributed by atoms with Crippen LogP contribution in [0.4, 0.5) is 0 Å². The van der Waals surface area contributed by atoms with Crippen LogP contribution < -0.4 is 0 Å². The Hall–Kier alpha value is -1.75. The van der Waals surface area contributed by atoms with Crippen LogP contribution in [0.25, 0.3) is 0 Å². The molecule has 1 aromatic heterocycles. The van der Waals surface area contributed by atoms with Crippen molar-refractivity contribution in [2.24, 2.45) is 0 Å². The summed E-state index contributed by atoms with van der Waals surface area (Å²) >= 11 is 0. The first kappa shape index (κ1) is 13.7. The van der Waals surface area contributed by atoms with Crippen LogP contribution in [-0.2, 0) is 27.4 Å². The van der Waals surface area contributed by atoms with Crippen molar-refractivity contribution in [1.29, 1.82) is 0 Å². The molecule has 0 saturated heterocycles. The number of methoxy groups -OCH3 is 1. The van der Waals surface area contributed by atoms with Crippen LogP contribution in [0.1, 0.15) is 11.1 Å². The van der Waals surface area contributed by atoms with Crippen LogP contribution in [0, 0.1) is 0 Å². The normalized spacial score (nSPS) is 12.3. The largest absolute Gasteiger partial charge is 0.333 e. The fourth-order valence-electron chi connectivity index (χ4n) is 1.57. The molecule has 0 spiro atoms. The Kier molecular flexibility index (Phi) is 5.49. The second kappa shape index (κ2) is 7.63. The number of nitrogens with zero attached hydrogens (tertiary/aromatic N) is 1. The Morgan fingerprint density at radius 3 is 2.05 bits per heavy atom. The molecule has 0 aliphatic heterocycles. The zero-order valence-electron chi connectivity index (χ0n) is 10.9. The minimum absolute atomic E-state index is 0.426. The summed E-state index contributed by atoms with van der Waals surface area (Å²) in [6.07, 6.45) is 3.46. The van der Waals surface area contributed by atoms with Gasteiger partial charge < -0.3 is 14.2 Å². The van der Waals surface area contributed by atoms with Crippen molar-refractivity contribution in [3.63, 3.8) is 0 Å². The smallest absolute Gasteiger partial charge is 0.271 e. The van der Waals surface area contributed by atoms with Crippen LogP contribution in [0.15, 0.2) is 54.9 Å². The molecule has 0 aliphatic carbocycles. The van der Waals surface area contributed by atoms with E-state index in [0.29, 0.717) is 13.2 Å². The van der Waals surface area contributed by atoms with Gasteiger partial charge in [0.25, 0.3) is 6.48 Å². The van der Waals surface area contributed by atoms with Crippen LogP contribution in [0.2, 0.25) is 0 Å². The van der Waals surface area contributed by atoms with E-state index in [-0.39, 0.29) is 0 Å². The molecule has 1 atom stereocenters. The Morgan fingerprint density at radius 2 is 1.47 bits per heavy atom. The summed E-state index contributed by atoms with van der Waals surface area (Å²) in [6, 6.07) is 13.7. The van der Waals surface area contributed by atoms with Crippen LogP contribution in [0.5, 0.6) is 0 Å². The maximum absolute atomic E-state index is 5.54. The molecule has 1 aromatic carbocycles. The van der Waals surface area contributed by atoms with Crippen LogP contribution in [-0.4, -0.2) is 18.6 Å². The number of hydrogen-bond acceptors (Lipinski definition) is 4. The van der Waals surface area contributed by atoms with Gasteiger partial charge in [-0.1, -0.05) is 30.3 Å². The highest BCUT2D eigenvalue weighted by Gasteiger charge is 2.08. The van der Waals surface area contributed by atoms with E-state index < -0.39 is 6.48 Å². The maximum atomic E-state index is 5.54. The summed E-state index contributed by atoms with van der Waals surface area (Å²) in [5.74, 6) is 0. The lowest BCUT2D eigenvalue weighted by molar-refractivity contribution is -0.287.